The predicted molar refractivity (Wildman–Crippen MR) is 106 cm³/mol. The van der Waals surface area contributed by atoms with Crippen LogP contribution in [0.3, 0.4) is 0 Å². The van der Waals surface area contributed by atoms with E-state index in [9.17, 15) is 9.59 Å². The Morgan fingerprint density at radius 2 is 1.89 bits per heavy atom. The van der Waals surface area contributed by atoms with Crippen LogP contribution in [0, 0.1) is 0 Å². The van der Waals surface area contributed by atoms with Crippen LogP contribution in [0.15, 0.2) is 57.7 Å². The second-order valence-electron chi connectivity index (χ2n) is 6.45. The zero-order valence-corrected chi connectivity index (χ0v) is 15.4. The minimum atomic E-state index is -0.539. The molecule has 140 valence electrons. The largest absolute Gasteiger partial charge is 0.389 e. The number of hydrogen-bond acceptors (Lipinski definition) is 6. The molecule has 0 aliphatic rings. The molecule has 1 amide bonds. The summed E-state index contributed by atoms with van der Waals surface area (Å²) in [5.41, 5.74) is 1.51. The third kappa shape index (κ3) is 4.92. The summed E-state index contributed by atoms with van der Waals surface area (Å²) in [5.74, 6) is -0.211. The Morgan fingerprint density at radius 3 is 2.63 bits per heavy atom. The molecule has 0 saturated heterocycles. The maximum atomic E-state index is 12.4. The van der Waals surface area contributed by atoms with Gasteiger partial charge in [0.25, 0.3) is 6.01 Å². The molecule has 1 aromatic heterocycles. The molecule has 2 N–H and O–H groups in total. The summed E-state index contributed by atoms with van der Waals surface area (Å²) < 4.78 is 5.29. The van der Waals surface area contributed by atoms with Gasteiger partial charge in [-0.15, -0.1) is 0 Å². The first-order valence-electron chi connectivity index (χ1n) is 8.69. The molecule has 7 nitrogen and oxygen atoms in total. The molecule has 27 heavy (non-hydrogen) atoms. The Morgan fingerprint density at radius 1 is 1.11 bits per heavy atom. The molecule has 0 saturated carbocycles. The lowest BCUT2D eigenvalue weighted by atomic mass is 10.1. The molecule has 0 fully saturated rings. The Labute approximate surface area is 157 Å². The van der Waals surface area contributed by atoms with E-state index in [4.69, 9.17) is 4.42 Å². The fourth-order valence-electron chi connectivity index (χ4n) is 2.73. The highest BCUT2D eigenvalue weighted by molar-refractivity contribution is 6.01. The van der Waals surface area contributed by atoms with Crippen molar-refractivity contribution in [2.24, 2.45) is 0 Å². The fourth-order valence-corrected chi connectivity index (χ4v) is 2.73. The highest BCUT2D eigenvalue weighted by Gasteiger charge is 2.13. The fraction of sp³-hybridized carbons (Fsp3) is 0.250. The highest BCUT2D eigenvalue weighted by atomic mass is 16.4. The van der Waals surface area contributed by atoms with Crippen molar-refractivity contribution in [3.05, 3.63) is 64.5 Å². The minimum Gasteiger partial charge on any atom is -0.389 e. The normalized spacial score (nSPS) is 10.9. The van der Waals surface area contributed by atoms with Crippen molar-refractivity contribution < 1.29 is 9.21 Å². The zero-order valence-electron chi connectivity index (χ0n) is 15.4. The van der Waals surface area contributed by atoms with Gasteiger partial charge >= 0.3 is 5.63 Å². The summed E-state index contributed by atoms with van der Waals surface area (Å²) in [6.45, 7) is 0.805. The maximum Gasteiger partial charge on any atom is 0.350 e. The molecule has 0 unspecified atom stereocenters. The summed E-state index contributed by atoms with van der Waals surface area (Å²) in [6, 6.07) is 15.3. The number of fused-ring (bicyclic) bond motifs is 1. The van der Waals surface area contributed by atoms with Crippen molar-refractivity contribution >= 4 is 28.5 Å². The molecule has 0 aliphatic heterocycles. The number of carbonyl (C=O) groups excluding carboxylic acids is 1. The van der Waals surface area contributed by atoms with Gasteiger partial charge < -0.3 is 20.0 Å². The first-order valence-corrected chi connectivity index (χ1v) is 8.69. The Hall–Kier alpha value is -3.19. The molecule has 7 heteroatoms. The second kappa shape index (κ2) is 8.46. The summed E-state index contributed by atoms with van der Waals surface area (Å²) in [4.78, 5) is 30.6. The van der Waals surface area contributed by atoms with Gasteiger partial charge in [0.15, 0.2) is 0 Å². The summed E-state index contributed by atoms with van der Waals surface area (Å²) >= 11 is 0. The monoisotopic (exact) mass is 366 g/mol. The van der Waals surface area contributed by atoms with Gasteiger partial charge in [0, 0.05) is 6.54 Å². The maximum absolute atomic E-state index is 12.4. The van der Waals surface area contributed by atoms with E-state index in [-0.39, 0.29) is 23.9 Å². The number of carbonyl (C=O) groups is 1. The first kappa shape index (κ1) is 18.6. The van der Waals surface area contributed by atoms with Crippen LogP contribution in [0.4, 0.5) is 11.7 Å². The number of hydrogen-bond donors (Lipinski definition) is 2. The van der Waals surface area contributed by atoms with Crippen molar-refractivity contribution in [3.63, 3.8) is 0 Å². The molecule has 3 rings (SSSR count). The standard InChI is InChI=1S/C20H22N4O3/c1-24(2)13-17(25)22-15-9-6-10-16-18(15)19(26)27-20(23-16)21-12-11-14-7-4-3-5-8-14/h3-10H,11-13H2,1-2H3,(H,21,23)(H,22,25). The number of nitrogens with one attached hydrogen (secondary N) is 2. The van der Waals surface area contributed by atoms with Crippen molar-refractivity contribution in [1.29, 1.82) is 0 Å². The van der Waals surface area contributed by atoms with E-state index in [1.807, 2.05) is 30.3 Å². The van der Waals surface area contributed by atoms with Gasteiger partial charge in [0.2, 0.25) is 5.91 Å². The molecule has 0 bridgehead atoms. The van der Waals surface area contributed by atoms with Crippen LogP contribution in [-0.2, 0) is 11.2 Å². The smallest absolute Gasteiger partial charge is 0.350 e. The van der Waals surface area contributed by atoms with Crippen LogP contribution in [0.25, 0.3) is 10.9 Å². The van der Waals surface area contributed by atoms with Crippen molar-refractivity contribution in [2.75, 3.05) is 37.8 Å². The average Bonchev–Trinajstić information content (AvgIpc) is 2.62. The number of rotatable bonds is 7. The van der Waals surface area contributed by atoms with E-state index in [1.165, 1.54) is 5.56 Å². The number of benzene rings is 2. The third-order valence-corrected chi connectivity index (χ3v) is 3.92. The lowest BCUT2D eigenvalue weighted by molar-refractivity contribution is -0.116. The van der Waals surface area contributed by atoms with Crippen LogP contribution >= 0.6 is 0 Å². The van der Waals surface area contributed by atoms with Gasteiger partial charge in [0.05, 0.1) is 17.7 Å². The molecule has 0 radical (unpaired) electrons. The van der Waals surface area contributed by atoms with Gasteiger partial charge in [-0.05, 0) is 38.2 Å². The van der Waals surface area contributed by atoms with E-state index >= 15 is 0 Å². The van der Waals surface area contributed by atoms with Gasteiger partial charge in [-0.2, -0.15) is 4.98 Å². The Bertz CT molecular complexity index is 983. The molecule has 0 atom stereocenters. The number of aromatic nitrogens is 1. The van der Waals surface area contributed by atoms with E-state index < -0.39 is 5.63 Å². The lowest BCUT2D eigenvalue weighted by Gasteiger charge is -2.11. The minimum absolute atomic E-state index is 0.167. The molecule has 0 spiro atoms. The van der Waals surface area contributed by atoms with Gasteiger partial charge in [-0.25, -0.2) is 4.79 Å². The number of nitrogens with zero attached hydrogens (tertiary/aromatic N) is 2. The summed E-state index contributed by atoms with van der Waals surface area (Å²) in [5, 5.41) is 6.04. The van der Waals surface area contributed by atoms with Crippen molar-refractivity contribution in [1.82, 2.24) is 9.88 Å². The lowest BCUT2D eigenvalue weighted by Crippen LogP contribution is -2.27. The van der Waals surface area contributed by atoms with Crippen molar-refractivity contribution in [2.45, 2.75) is 6.42 Å². The van der Waals surface area contributed by atoms with Gasteiger partial charge in [0.1, 0.15) is 5.39 Å². The van der Waals surface area contributed by atoms with E-state index in [2.05, 4.69) is 15.6 Å². The number of likely N-dealkylation sites (N-methyl/N-ethyl adjacent to an activating group) is 1. The summed E-state index contributed by atoms with van der Waals surface area (Å²) in [6.07, 6.45) is 0.783. The summed E-state index contributed by atoms with van der Waals surface area (Å²) in [7, 11) is 3.60. The van der Waals surface area contributed by atoms with Crippen LogP contribution in [0.5, 0.6) is 0 Å². The Kier molecular flexibility index (Phi) is 5.83. The topological polar surface area (TPSA) is 87.5 Å². The zero-order chi connectivity index (χ0) is 19.2. The Balaban J connectivity index is 1.76. The highest BCUT2D eigenvalue weighted by Crippen LogP contribution is 2.20. The number of anilines is 2. The van der Waals surface area contributed by atoms with E-state index in [0.717, 1.165) is 6.42 Å². The van der Waals surface area contributed by atoms with Crippen LogP contribution in [0.2, 0.25) is 0 Å². The second-order valence-corrected chi connectivity index (χ2v) is 6.45. The average molecular weight is 366 g/mol. The van der Waals surface area contributed by atoms with Crippen LogP contribution in [0.1, 0.15) is 5.56 Å². The molecule has 3 aromatic rings. The predicted octanol–water partition coefficient (Wildman–Crippen LogP) is 2.34. The van der Waals surface area contributed by atoms with E-state index in [0.29, 0.717) is 17.7 Å². The van der Waals surface area contributed by atoms with Crippen LogP contribution in [-0.4, -0.2) is 43.0 Å². The quantitative estimate of drug-likeness (QED) is 0.667. The molecule has 0 aliphatic carbocycles. The molecule has 2 aromatic carbocycles. The third-order valence-electron chi connectivity index (χ3n) is 3.92. The first-order chi connectivity index (χ1) is 13.0. The SMILES string of the molecule is CN(C)CC(=O)Nc1cccc2nc(NCCc3ccccc3)oc(=O)c12. The van der Waals surface area contributed by atoms with Crippen molar-refractivity contribution in [3.8, 4) is 0 Å². The molecular formula is C20H22N4O3. The van der Waals surface area contributed by atoms with Crippen LogP contribution < -0.4 is 16.3 Å². The van der Waals surface area contributed by atoms with E-state index in [1.54, 1.807) is 37.2 Å². The molecule has 1 heterocycles. The molecular weight excluding hydrogens is 344 g/mol. The van der Waals surface area contributed by atoms with Gasteiger partial charge in [-0.3, -0.25) is 4.79 Å². The number of amides is 1. The van der Waals surface area contributed by atoms with Gasteiger partial charge in [-0.1, -0.05) is 36.4 Å².